The van der Waals surface area contributed by atoms with Crippen molar-refractivity contribution < 1.29 is 0 Å². The highest BCUT2D eigenvalue weighted by molar-refractivity contribution is 5.78. The fraction of sp³-hybridized carbons (Fsp3) is 0.591. The van der Waals surface area contributed by atoms with E-state index in [0.29, 0.717) is 17.4 Å². The first-order chi connectivity index (χ1) is 12.1. The molecule has 0 aliphatic heterocycles. The first kappa shape index (κ1) is 15.5. The van der Waals surface area contributed by atoms with E-state index in [4.69, 9.17) is 4.98 Å². The first-order valence-electron chi connectivity index (χ1n) is 10.1. The third kappa shape index (κ3) is 2.35. The van der Waals surface area contributed by atoms with E-state index in [0.717, 1.165) is 11.6 Å². The Labute approximate surface area is 150 Å². The number of anilines is 1. The molecule has 0 amide bonds. The largest absolute Gasteiger partial charge is 0.367 e. The maximum Gasteiger partial charge on any atom is 0.139 e. The van der Waals surface area contributed by atoms with Gasteiger partial charge in [-0.1, -0.05) is 45.3 Å². The standard InChI is InChI=1S/C22H29N3/c1-22(2)15-11-12-17(18(22)14-15)20-21(23-16-8-4-3-5-9-16)25-13-7-6-10-19(25)24-20/h6-7,10,12-13,15-16,18,23H,3-5,8-9,11,14H2,1-2H3/t15?,18-/m0/s1. The number of hydrogen-bond acceptors (Lipinski definition) is 2. The van der Waals surface area contributed by atoms with Gasteiger partial charge in [0.25, 0.3) is 0 Å². The highest BCUT2D eigenvalue weighted by Crippen LogP contribution is 2.61. The van der Waals surface area contributed by atoms with E-state index in [2.05, 4.69) is 54.0 Å². The van der Waals surface area contributed by atoms with Crippen LogP contribution < -0.4 is 5.32 Å². The van der Waals surface area contributed by atoms with Gasteiger partial charge in [-0.15, -0.1) is 0 Å². The normalized spacial score (nSPS) is 28.5. The quantitative estimate of drug-likeness (QED) is 0.799. The van der Waals surface area contributed by atoms with E-state index >= 15 is 0 Å². The van der Waals surface area contributed by atoms with Gasteiger partial charge in [0.15, 0.2) is 0 Å². The van der Waals surface area contributed by atoms with Crippen LogP contribution in [-0.4, -0.2) is 15.4 Å². The van der Waals surface area contributed by atoms with E-state index in [1.54, 1.807) is 0 Å². The zero-order valence-electron chi connectivity index (χ0n) is 15.5. The molecule has 0 saturated heterocycles. The minimum absolute atomic E-state index is 0.433. The Morgan fingerprint density at radius 2 is 2.00 bits per heavy atom. The second kappa shape index (κ2) is 5.62. The Kier molecular flexibility index (Phi) is 3.48. The molecule has 0 aromatic carbocycles. The molecule has 2 saturated carbocycles. The van der Waals surface area contributed by atoms with Crippen LogP contribution in [0, 0.1) is 17.3 Å². The third-order valence-corrected chi connectivity index (χ3v) is 7.22. The zero-order valence-corrected chi connectivity index (χ0v) is 15.5. The van der Waals surface area contributed by atoms with Gasteiger partial charge in [0.1, 0.15) is 17.2 Å². The van der Waals surface area contributed by atoms with Gasteiger partial charge in [-0.25, -0.2) is 4.98 Å². The second-order valence-electron chi connectivity index (χ2n) is 8.92. The van der Waals surface area contributed by atoms with Gasteiger partial charge >= 0.3 is 0 Å². The molecule has 2 bridgehead atoms. The van der Waals surface area contributed by atoms with Crippen molar-refractivity contribution in [2.24, 2.45) is 17.3 Å². The molecule has 1 N–H and O–H groups in total. The zero-order chi connectivity index (χ0) is 17.0. The van der Waals surface area contributed by atoms with Gasteiger partial charge in [0, 0.05) is 12.2 Å². The molecule has 3 nitrogen and oxygen atoms in total. The van der Waals surface area contributed by atoms with Crippen molar-refractivity contribution in [3.05, 3.63) is 36.2 Å². The highest BCUT2D eigenvalue weighted by Gasteiger charge is 2.52. The van der Waals surface area contributed by atoms with Crippen molar-refractivity contribution in [2.75, 3.05) is 5.32 Å². The molecule has 25 heavy (non-hydrogen) atoms. The Morgan fingerprint density at radius 3 is 2.76 bits per heavy atom. The number of aromatic nitrogens is 2. The van der Waals surface area contributed by atoms with Gasteiger partial charge in [-0.2, -0.15) is 0 Å². The average Bonchev–Trinajstić information content (AvgIpc) is 3.01. The van der Waals surface area contributed by atoms with Crippen LogP contribution in [0.3, 0.4) is 0 Å². The Hall–Kier alpha value is -1.77. The van der Waals surface area contributed by atoms with Crippen molar-refractivity contribution in [3.63, 3.8) is 0 Å². The van der Waals surface area contributed by atoms with Crippen molar-refractivity contribution in [1.29, 1.82) is 0 Å². The molecular formula is C22H29N3. The van der Waals surface area contributed by atoms with Gasteiger partial charge in [0.2, 0.25) is 0 Å². The number of imidazole rings is 1. The van der Waals surface area contributed by atoms with E-state index in [-0.39, 0.29) is 0 Å². The maximum absolute atomic E-state index is 5.07. The fourth-order valence-corrected chi connectivity index (χ4v) is 5.39. The minimum Gasteiger partial charge on any atom is -0.367 e. The Bertz CT molecular complexity index is 823. The van der Waals surface area contributed by atoms with Crippen LogP contribution >= 0.6 is 0 Å². The third-order valence-electron chi connectivity index (χ3n) is 7.22. The molecule has 132 valence electrons. The Balaban J connectivity index is 1.58. The number of fused-ring (bicyclic) bond motifs is 2. The number of hydrogen-bond donors (Lipinski definition) is 1. The molecule has 0 radical (unpaired) electrons. The molecule has 4 aliphatic rings. The summed E-state index contributed by atoms with van der Waals surface area (Å²) in [6, 6.07) is 6.94. The minimum atomic E-state index is 0.433. The topological polar surface area (TPSA) is 29.3 Å². The molecule has 2 aromatic heterocycles. The molecule has 2 fully saturated rings. The number of rotatable bonds is 3. The van der Waals surface area contributed by atoms with E-state index < -0.39 is 0 Å². The van der Waals surface area contributed by atoms with Crippen LogP contribution in [0.4, 0.5) is 5.82 Å². The molecule has 6 rings (SSSR count). The summed E-state index contributed by atoms with van der Waals surface area (Å²) in [6.45, 7) is 4.89. The highest BCUT2D eigenvalue weighted by atomic mass is 15.1. The molecule has 0 spiro atoms. The number of nitrogens with one attached hydrogen (secondary N) is 1. The van der Waals surface area contributed by atoms with Crippen LogP contribution in [0.5, 0.6) is 0 Å². The predicted octanol–water partition coefficient (Wildman–Crippen LogP) is 5.53. The average molecular weight is 335 g/mol. The molecule has 4 aliphatic carbocycles. The lowest BCUT2D eigenvalue weighted by Crippen LogP contribution is -2.47. The molecule has 3 heteroatoms. The molecule has 2 heterocycles. The maximum atomic E-state index is 5.07. The van der Waals surface area contributed by atoms with E-state index in [9.17, 15) is 0 Å². The van der Waals surface area contributed by atoms with Gasteiger partial charge in [-0.3, -0.25) is 4.40 Å². The Morgan fingerprint density at radius 1 is 1.16 bits per heavy atom. The molecule has 2 atom stereocenters. The lowest BCUT2D eigenvalue weighted by atomic mass is 9.48. The molecule has 1 unspecified atom stereocenters. The molecule has 2 aromatic rings. The van der Waals surface area contributed by atoms with Crippen LogP contribution in [0.25, 0.3) is 11.2 Å². The fourth-order valence-electron chi connectivity index (χ4n) is 5.39. The number of pyridine rings is 1. The number of nitrogens with zero attached hydrogens (tertiary/aromatic N) is 2. The van der Waals surface area contributed by atoms with Gasteiger partial charge in [-0.05, 0) is 60.6 Å². The van der Waals surface area contributed by atoms with Crippen LogP contribution in [-0.2, 0) is 0 Å². The summed E-state index contributed by atoms with van der Waals surface area (Å²) in [5, 5.41) is 3.89. The SMILES string of the molecule is CC1(C)C2CC=C(c3nc4ccccn4c3NC3CCCCC3)[C@@H]1C2. The number of allylic oxidation sites excluding steroid dienone is 2. The van der Waals surface area contributed by atoms with E-state index in [1.807, 2.05) is 0 Å². The van der Waals surface area contributed by atoms with Crippen molar-refractivity contribution in [1.82, 2.24) is 9.38 Å². The molecular weight excluding hydrogens is 306 g/mol. The predicted molar refractivity (Wildman–Crippen MR) is 104 cm³/mol. The lowest BCUT2D eigenvalue weighted by Gasteiger charge is -2.56. The summed E-state index contributed by atoms with van der Waals surface area (Å²) in [5.41, 5.74) is 4.21. The first-order valence-corrected chi connectivity index (χ1v) is 10.1. The summed E-state index contributed by atoms with van der Waals surface area (Å²) in [6.07, 6.45) is 13.9. The van der Waals surface area contributed by atoms with Crippen LogP contribution in [0.2, 0.25) is 0 Å². The monoisotopic (exact) mass is 335 g/mol. The summed E-state index contributed by atoms with van der Waals surface area (Å²) in [4.78, 5) is 5.07. The summed E-state index contributed by atoms with van der Waals surface area (Å²) >= 11 is 0. The summed E-state index contributed by atoms with van der Waals surface area (Å²) < 4.78 is 2.27. The van der Waals surface area contributed by atoms with Crippen LogP contribution in [0.1, 0.15) is 64.5 Å². The van der Waals surface area contributed by atoms with E-state index in [1.165, 1.54) is 62.0 Å². The summed E-state index contributed by atoms with van der Waals surface area (Å²) in [7, 11) is 0. The smallest absolute Gasteiger partial charge is 0.139 e. The second-order valence-corrected chi connectivity index (χ2v) is 8.92. The van der Waals surface area contributed by atoms with Crippen molar-refractivity contribution in [2.45, 2.75) is 64.8 Å². The van der Waals surface area contributed by atoms with Crippen molar-refractivity contribution >= 4 is 17.0 Å². The lowest BCUT2D eigenvalue weighted by molar-refractivity contribution is 0.0111. The van der Waals surface area contributed by atoms with Gasteiger partial charge in [0.05, 0.1) is 0 Å². The van der Waals surface area contributed by atoms with Crippen LogP contribution in [0.15, 0.2) is 30.5 Å². The van der Waals surface area contributed by atoms with Gasteiger partial charge < -0.3 is 5.32 Å². The van der Waals surface area contributed by atoms with Crippen molar-refractivity contribution in [3.8, 4) is 0 Å². The summed E-state index contributed by atoms with van der Waals surface area (Å²) in [5.74, 6) is 2.77.